The molecule has 0 aliphatic heterocycles. The van der Waals surface area contributed by atoms with Gasteiger partial charge in [-0.1, -0.05) is 38.3 Å². The van der Waals surface area contributed by atoms with Crippen molar-refractivity contribution >= 4 is 6.29 Å². The van der Waals surface area contributed by atoms with E-state index < -0.39 is 17.0 Å². The van der Waals surface area contributed by atoms with E-state index in [0.29, 0.717) is 32.1 Å². The van der Waals surface area contributed by atoms with E-state index in [4.69, 9.17) is 0 Å². The van der Waals surface area contributed by atoms with Gasteiger partial charge in [0.15, 0.2) is 0 Å². The Balaban J connectivity index is 4.26. The number of carbonyl (C=O) groups excluding carboxylic acids is 1. The molecule has 2 unspecified atom stereocenters. The number of carbonyl (C=O) groups is 1. The molecule has 0 aromatic rings. The molecular weight excluding hydrogens is 324 g/mol. The Morgan fingerprint density at radius 3 is 2.00 bits per heavy atom. The van der Waals surface area contributed by atoms with Gasteiger partial charge in [-0.25, -0.2) is 0 Å². The zero-order valence-corrected chi connectivity index (χ0v) is 15.3. The maximum Gasteiger partial charge on any atom is 0.220 e. The first kappa shape index (κ1) is 23.2. The summed E-state index contributed by atoms with van der Waals surface area (Å²) in [7, 11) is 0. The SMILES string of the molecule is CCCCC/C=C/CCC(CC(CCCCCC=O)[N+](=O)[O-])[N+](=O)[O-]. The molecule has 7 nitrogen and oxygen atoms in total. The van der Waals surface area contributed by atoms with Crippen LogP contribution in [0.1, 0.15) is 84.0 Å². The van der Waals surface area contributed by atoms with Gasteiger partial charge in [-0.15, -0.1) is 0 Å². The molecule has 0 N–H and O–H groups in total. The van der Waals surface area contributed by atoms with Crippen molar-refractivity contribution in [1.29, 1.82) is 0 Å². The second-order valence-corrected chi connectivity index (χ2v) is 6.46. The first-order chi connectivity index (χ1) is 12.0. The van der Waals surface area contributed by atoms with Crippen LogP contribution < -0.4 is 0 Å². The van der Waals surface area contributed by atoms with Crippen molar-refractivity contribution in [2.75, 3.05) is 0 Å². The minimum absolute atomic E-state index is 0.0165. The second-order valence-electron chi connectivity index (χ2n) is 6.46. The van der Waals surface area contributed by atoms with Crippen molar-refractivity contribution < 1.29 is 14.6 Å². The number of aldehydes is 1. The summed E-state index contributed by atoms with van der Waals surface area (Å²) in [5.41, 5.74) is 0. The highest BCUT2D eigenvalue weighted by Gasteiger charge is 2.30. The summed E-state index contributed by atoms with van der Waals surface area (Å²) in [5.74, 6) is 0. The molecule has 25 heavy (non-hydrogen) atoms. The Kier molecular flexibility index (Phi) is 14.6. The fourth-order valence-electron chi connectivity index (χ4n) is 2.75. The topological polar surface area (TPSA) is 103 Å². The lowest BCUT2D eigenvalue weighted by atomic mass is 9.98. The van der Waals surface area contributed by atoms with Gasteiger partial charge >= 0.3 is 0 Å². The minimum Gasteiger partial charge on any atom is -0.303 e. The van der Waals surface area contributed by atoms with Crippen LogP contribution in [0.15, 0.2) is 12.2 Å². The lowest BCUT2D eigenvalue weighted by Crippen LogP contribution is -2.30. The molecule has 144 valence electrons. The van der Waals surface area contributed by atoms with Crippen LogP contribution in [0.3, 0.4) is 0 Å². The molecule has 0 heterocycles. The summed E-state index contributed by atoms with van der Waals surface area (Å²) in [5, 5.41) is 22.4. The predicted molar refractivity (Wildman–Crippen MR) is 97.8 cm³/mol. The van der Waals surface area contributed by atoms with E-state index in [2.05, 4.69) is 6.92 Å². The number of nitrogens with zero attached hydrogens (tertiary/aromatic N) is 2. The third-order valence-corrected chi connectivity index (χ3v) is 4.31. The molecule has 0 aliphatic carbocycles. The van der Waals surface area contributed by atoms with E-state index in [9.17, 15) is 25.0 Å². The van der Waals surface area contributed by atoms with Crippen molar-refractivity contribution in [2.45, 2.75) is 96.1 Å². The van der Waals surface area contributed by atoms with E-state index in [0.717, 1.165) is 38.4 Å². The van der Waals surface area contributed by atoms with E-state index in [1.807, 2.05) is 12.2 Å². The standard InChI is InChI=1S/C18H32N2O5/c1-2-3-4-5-6-7-10-13-17(19(22)23)16-18(20(24)25)14-11-8-9-12-15-21/h6-7,15,17-18H,2-5,8-14,16H2,1H3/b7-6+. The summed E-state index contributed by atoms with van der Waals surface area (Å²) in [6.45, 7) is 2.14. The van der Waals surface area contributed by atoms with Crippen molar-refractivity contribution in [2.24, 2.45) is 0 Å². The molecule has 0 aromatic carbocycles. The Morgan fingerprint density at radius 2 is 1.40 bits per heavy atom. The highest BCUT2D eigenvalue weighted by molar-refractivity contribution is 5.48. The number of allylic oxidation sites excluding steroid dienone is 2. The van der Waals surface area contributed by atoms with E-state index >= 15 is 0 Å². The summed E-state index contributed by atoms with van der Waals surface area (Å²) < 4.78 is 0. The maximum atomic E-state index is 11.2. The normalized spacial score (nSPS) is 13.6. The maximum absolute atomic E-state index is 11.2. The van der Waals surface area contributed by atoms with E-state index in [-0.39, 0.29) is 11.3 Å². The lowest BCUT2D eigenvalue weighted by molar-refractivity contribution is -0.561. The van der Waals surface area contributed by atoms with E-state index in [1.54, 1.807) is 0 Å². The van der Waals surface area contributed by atoms with Crippen LogP contribution in [0, 0.1) is 20.2 Å². The largest absolute Gasteiger partial charge is 0.303 e. The van der Waals surface area contributed by atoms with Gasteiger partial charge in [0.1, 0.15) is 6.29 Å². The third-order valence-electron chi connectivity index (χ3n) is 4.31. The molecule has 0 rings (SSSR count). The average Bonchev–Trinajstić information content (AvgIpc) is 2.57. The highest BCUT2D eigenvalue weighted by Crippen LogP contribution is 2.17. The second kappa shape index (κ2) is 15.7. The van der Waals surface area contributed by atoms with E-state index in [1.165, 1.54) is 6.42 Å². The molecule has 0 aliphatic rings. The Bertz CT molecular complexity index is 412. The van der Waals surface area contributed by atoms with Crippen molar-refractivity contribution in [3.8, 4) is 0 Å². The quantitative estimate of drug-likeness (QED) is 0.123. The summed E-state index contributed by atoms with van der Waals surface area (Å²) in [4.78, 5) is 31.8. The number of rotatable bonds is 17. The van der Waals surface area contributed by atoms with Gasteiger partial charge in [0.05, 0.1) is 6.42 Å². The zero-order chi connectivity index (χ0) is 18.9. The van der Waals surface area contributed by atoms with Crippen LogP contribution in [0.2, 0.25) is 0 Å². The van der Waals surface area contributed by atoms with Crippen LogP contribution >= 0.6 is 0 Å². The molecule has 0 saturated heterocycles. The third kappa shape index (κ3) is 13.2. The van der Waals surface area contributed by atoms with Gasteiger partial charge in [0.2, 0.25) is 12.1 Å². The van der Waals surface area contributed by atoms with Crippen LogP contribution in [-0.4, -0.2) is 28.2 Å². The van der Waals surface area contributed by atoms with Crippen LogP contribution in [0.4, 0.5) is 0 Å². The molecule has 0 aromatic heterocycles. The molecule has 0 spiro atoms. The van der Waals surface area contributed by atoms with Crippen molar-refractivity contribution in [1.82, 2.24) is 0 Å². The Morgan fingerprint density at radius 1 is 0.800 bits per heavy atom. The summed E-state index contributed by atoms with van der Waals surface area (Å²) in [6, 6.07) is -1.74. The van der Waals surface area contributed by atoms with Gasteiger partial charge in [0.25, 0.3) is 0 Å². The average molecular weight is 356 g/mol. The minimum atomic E-state index is -0.875. The molecule has 0 fully saturated rings. The van der Waals surface area contributed by atoms with Crippen molar-refractivity contribution in [3.63, 3.8) is 0 Å². The molecular formula is C18H32N2O5. The molecule has 0 bridgehead atoms. The summed E-state index contributed by atoms with van der Waals surface area (Å²) >= 11 is 0. The fraction of sp³-hybridized carbons (Fsp3) is 0.833. The predicted octanol–water partition coefficient (Wildman–Crippen LogP) is 4.73. The van der Waals surface area contributed by atoms with Gasteiger partial charge in [-0.3, -0.25) is 20.2 Å². The zero-order valence-electron chi connectivity index (χ0n) is 15.3. The molecule has 0 radical (unpaired) electrons. The summed E-state index contributed by atoms with van der Waals surface area (Å²) in [6.07, 6.45) is 13.1. The van der Waals surface area contributed by atoms with Gasteiger partial charge in [0, 0.05) is 29.1 Å². The number of hydrogen-bond acceptors (Lipinski definition) is 5. The fourth-order valence-corrected chi connectivity index (χ4v) is 2.75. The Hall–Kier alpha value is -1.79. The van der Waals surface area contributed by atoms with Crippen LogP contribution in [0.25, 0.3) is 0 Å². The van der Waals surface area contributed by atoms with Crippen LogP contribution in [-0.2, 0) is 4.79 Å². The van der Waals surface area contributed by atoms with Gasteiger partial charge in [-0.05, 0) is 32.1 Å². The monoisotopic (exact) mass is 356 g/mol. The smallest absolute Gasteiger partial charge is 0.220 e. The first-order valence-corrected chi connectivity index (χ1v) is 9.38. The highest BCUT2D eigenvalue weighted by atomic mass is 16.6. The molecule has 0 saturated carbocycles. The number of nitro groups is 2. The lowest BCUT2D eigenvalue weighted by Gasteiger charge is -2.12. The van der Waals surface area contributed by atoms with Gasteiger partial charge in [-0.2, -0.15) is 0 Å². The first-order valence-electron chi connectivity index (χ1n) is 9.38. The van der Waals surface area contributed by atoms with Crippen LogP contribution in [0.5, 0.6) is 0 Å². The molecule has 0 amide bonds. The number of hydrogen-bond donors (Lipinski definition) is 0. The van der Waals surface area contributed by atoms with Crippen molar-refractivity contribution in [3.05, 3.63) is 32.4 Å². The molecule has 7 heteroatoms. The molecule has 2 atom stereocenters. The van der Waals surface area contributed by atoms with Gasteiger partial charge < -0.3 is 4.79 Å². The Labute approximate surface area is 150 Å². The number of unbranched alkanes of at least 4 members (excludes halogenated alkanes) is 6.